The number of nitro groups is 1. The molecule has 1 saturated heterocycles. The van der Waals surface area contributed by atoms with Crippen LogP contribution in [0.25, 0.3) is 0 Å². The van der Waals surface area contributed by atoms with E-state index in [1.54, 1.807) is 7.05 Å². The van der Waals surface area contributed by atoms with E-state index < -0.39 is 16.8 Å². The van der Waals surface area contributed by atoms with Crippen molar-refractivity contribution >= 4 is 31.0 Å². The first-order chi connectivity index (χ1) is 8.97. The van der Waals surface area contributed by atoms with Gasteiger partial charge in [0.1, 0.15) is 6.10 Å². The molecule has 20 heavy (non-hydrogen) atoms. The molecule has 2 rings (SSSR count). The first kappa shape index (κ1) is 16.0. The van der Waals surface area contributed by atoms with Crippen LogP contribution in [0.1, 0.15) is 1.43 Å². The molecule has 1 fully saturated rings. The molecule has 9 heteroatoms. The summed E-state index contributed by atoms with van der Waals surface area (Å²) in [5, 5.41) is 13.2. The number of anilines is 1. The van der Waals surface area contributed by atoms with E-state index in [-0.39, 0.29) is 38.9 Å². The molecule has 0 saturated carbocycles. The van der Waals surface area contributed by atoms with Crippen LogP contribution in [0.15, 0.2) is 18.2 Å². The number of nitro benzene ring substituents is 1. The number of non-ortho nitro benzene ring substituents is 1. The van der Waals surface area contributed by atoms with Crippen LogP contribution in [-0.2, 0) is 4.74 Å². The Morgan fingerprint density at radius 3 is 2.85 bits per heavy atom. The van der Waals surface area contributed by atoms with Crippen LogP contribution in [0, 0.1) is 15.9 Å². The van der Waals surface area contributed by atoms with Crippen molar-refractivity contribution in [1.82, 2.24) is 4.90 Å². The molecule has 7 nitrogen and oxygen atoms in total. The Bertz CT molecular complexity index is 534. The summed E-state index contributed by atoms with van der Waals surface area (Å²) in [5.74, 6) is -0.716. The average molecular weight is 305 g/mol. The molecular weight excluding hydrogens is 289 g/mol. The minimum Gasteiger partial charge on any atom is -0.442 e. The third-order valence-corrected chi connectivity index (χ3v) is 2.74. The van der Waals surface area contributed by atoms with Crippen LogP contribution in [0.3, 0.4) is 0 Å². The summed E-state index contributed by atoms with van der Waals surface area (Å²) in [6.07, 6.45) is -0.789. The van der Waals surface area contributed by atoms with Crippen LogP contribution < -0.4 is 5.32 Å². The Morgan fingerprint density at radius 2 is 2.35 bits per heavy atom. The molecule has 0 bridgehead atoms. The zero-order valence-electron chi connectivity index (χ0n) is 10.6. The van der Waals surface area contributed by atoms with E-state index in [2.05, 4.69) is 5.32 Å². The van der Waals surface area contributed by atoms with Gasteiger partial charge in [0.25, 0.3) is 5.69 Å². The smallest absolute Gasteiger partial charge is 0.410 e. The maximum absolute atomic E-state index is 13.6. The van der Waals surface area contributed by atoms with E-state index in [1.165, 1.54) is 17.0 Å². The van der Waals surface area contributed by atoms with Crippen molar-refractivity contribution in [3.63, 3.8) is 0 Å². The van der Waals surface area contributed by atoms with Crippen LogP contribution in [0.5, 0.6) is 0 Å². The molecule has 1 heterocycles. The zero-order valence-corrected chi connectivity index (χ0v) is 11.6. The van der Waals surface area contributed by atoms with Crippen molar-refractivity contribution in [1.29, 1.82) is 0 Å². The van der Waals surface area contributed by atoms with Gasteiger partial charge < -0.3 is 15.0 Å². The number of cyclic esters (lactones) is 1. The lowest BCUT2D eigenvalue weighted by Gasteiger charge is -2.11. The van der Waals surface area contributed by atoms with Crippen LogP contribution >= 0.6 is 13.5 Å². The topological polar surface area (TPSA) is 84.7 Å². The highest BCUT2D eigenvalue weighted by molar-refractivity contribution is 7.59. The fourth-order valence-corrected chi connectivity index (χ4v) is 1.74. The predicted octanol–water partition coefficient (Wildman–Crippen LogP) is 1.96. The number of benzene rings is 1. The van der Waals surface area contributed by atoms with Gasteiger partial charge in [0, 0.05) is 14.5 Å². The van der Waals surface area contributed by atoms with Crippen molar-refractivity contribution in [2.75, 3.05) is 25.5 Å². The number of ether oxygens (including phenoxy) is 1. The quantitative estimate of drug-likeness (QED) is 0.679. The second-order valence-corrected chi connectivity index (χ2v) is 4.19. The summed E-state index contributed by atoms with van der Waals surface area (Å²) in [6, 6.07) is 3.33. The maximum atomic E-state index is 13.6. The van der Waals surface area contributed by atoms with E-state index in [9.17, 15) is 19.3 Å². The number of likely N-dealkylation sites (N-methyl/N-ethyl adjacent to an activating group) is 1. The van der Waals surface area contributed by atoms with Gasteiger partial charge in [-0.15, -0.1) is 0 Å². The van der Waals surface area contributed by atoms with Gasteiger partial charge in [-0.3, -0.25) is 10.1 Å². The Balaban J connectivity index is 0.00000200. The number of hydrogen-bond acceptors (Lipinski definition) is 5. The van der Waals surface area contributed by atoms with E-state index in [4.69, 9.17) is 4.74 Å². The van der Waals surface area contributed by atoms with E-state index >= 15 is 0 Å². The molecule has 0 aliphatic carbocycles. The molecule has 1 N–H and O–H groups in total. The number of hydrogen-bond donors (Lipinski definition) is 1. The molecule has 0 spiro atoms. The zero-order chi connectivity index (χ0) is 14.0. The van der Waals surface area contributed by atoms with Crippen molar-refractivity contribution < 1.29 is 20.3 Å². The lowest BCUT2D eigenvalue weighted by molar-refractivity contribution is -0.385. The fourth-order valence-electron chi connectivity index (χ4n) is 1.74. The highest BCUT2D eigenvalue weighted by Gasteiger charge is 2.28. The second-order valence-electron chi connectivity index (χ2n) is 4.19. The minimum absolute atomic E-state index is 0. The summed E-state index contributed by atoms with van der Waals surface area (Å²) >= 11 is 0. The van der Waals surface area contributed by atoms with Gasteiger partial charge in [-0.2, -0.15) is 13.5 Å². The summed E-state index contributed by atoms with van der Waals surface area (Å²) in [4.78, 5) is 22.3. The number of carbonyl (C=O) groups is 1. The molecule has 0 aromatic heterocycles. The van der Waals surface area contributed by atoms with Crippen molar-refractivity contribution in [2.45, 2.75) is 6.10 Å². The van der Waals surface area contributed by atoms with Gasteiger partial charge >= 0.3 is 6.09 Å². The maximum Gasteiger partial charge on any atom is 0.410 e. The van der Waals surface area contributed by atoms with Crippen LogP contribution in [0.2, 0.25) is 0 Å². The molecule has 1 atom stereocenters. The molecule has 1 aliphatic heterocycles. The number of halogens is 1. The summed E-state index contributed by atoms with van der Waals surface area (Å²) in [7, 11) is 1.61. The Morgan fingerprint density at radius 1 is 1.65 bits per heavy atom. The third-order valence-electron chi connectivity index (χ3n) is 2.74. The first-order valence-corrected chi connectivity index (χ1v) is 5.57. The molecule has 112 valence electrons. The number of nitrogens with one attached hydrogen (secondary N) is 1. The van der Waals surface area contributed by atoms with Gasteiger partial charge in [-0.05, 0) is 6.07 Å². The summed E-state index contributed by atoms with van der Waals surface area (Å²) in [6.45, 7) is 0.658. The number of rotatable bonds is 4. The molecule has 1 aromatic carbocycles. The molecule has 1 amide bonds. The fraction of sp³-hybridized carbons (Fsp3) is 0.364. The highest BCUT2D eigenvalue weighted by Crippen LogP contribution is 2.21. The van der Waals surface area contributed by atoms with Crippen molar-refractivity contribution in [2.24, 2.45) is 0 Å². The summed E-state index contributed by atoms with van der Waals surface area (Å²) < 4.78 is 18.5. The first-order valence-electron chi connectivity index (χ1n) is 5.57. The normalized spacial score (nSPS) is 17.4. The van der Waals surface area contributed by atoms with E-state index in [0.29, 0.717) is 6.54 Å². The van der Waals surface area contributed by atoms with Gasteiger partial charge in [0.15, 0.2) is 5.82 Å². The Kier molecular flexibility index (Phi) is 5.14. The van der Waals surface area contributed by atoms with Crippen molar-refractivity contribution in [3.8, 4) is 0 Å². The Hall–Kier alpha value is -2.03. The lowest BCUT2D eigenvalue weighted by Crippen LogP contribution is -2.24. The SMILES string of the molecule is CN1C[C@H](CNc2ccc([N+](=O)[O-])cc2F)OC1=O.S.[HH]. The third kappa shape index (κ3) is 3.50. The van der Waals surface area contributed by atoms with Crippen LogP contribution in [0.4, 0.5) is 20.6 Å². The van der Waals surface area contributed by atoms with Gasteiger partial charge in [-0.1, -0.05) is 0 Å². The standard InChI is InChI=1S/C11H12FN3O4.H2S.H2/c1-14-6-8(19-11(14)16)5-13-10-3-2-7(15(17)18)4-9(10)12;;/h2-4,8,13H,5-6H2,1H3;1H2;1H/t8-;;/m0../s1. The Labute approximate surface area is 122 Å². The highest BCUT2D eigenvalue weighted by atomic mass is 32.1. The largest absolute Gasteiger partial charge is 0.442 e. The molecular formula is C11H16FN3O4S. The monoisotopic (exact) mass is 305 g/mol. The number of nitrogens with zero attached hydrogens (tertiary/aromatic N) is 2. The number of amides is 1. The summed E-state index contributed by atoms with van der Waals surface area (Å²) in [5.41, 5.74) is -0.175. The molecule has 1 aromatic rings. The number of carbonyl (C=O) groups excluding carboxylic acids is 1. The lowest BCUT2D eigenvalue weighted by atomic mass is 10.2. The molecule has 0 unspecified atom stereocenters. The van der Waals surface area contributed by atoms with E-state index in [0.717, 1.165) is 6.07 Å². The van der Waals surface area contributed by atoms with E-state index in [1.807, 2.05) is 0 Å². The predicted molar refractivity (Wildman–Crippen MR) is 76.9 cm³/mol. The second kappa shape index (κ2) is 6.42. The van der Waals surface area contributed by atoms with Crippen LogP contribution in [-0.4, -0.2) is 42.2 Å². The van der Waals surface area contributed by atoms with Gasteiger partial charge in [0.05, 0.1) is 29.8 Å². The molecule has 1 aliphatic rings. The van der Waals surface area contributed by atoms with Crippen molar-refractivity contribution in [3.05, 3.63) is 34.1 Å². The van der Waals surface area contributed by atoms with Gasteiger partial charge in [-0.25, -0.2) is 9.18 Å². The molecule has 0 radical (unpaired) electrons. The van der Waals surface area contributed by atoms with Gasteiger partial charge in [0.2, 0.25) is 0 Å². The minimum atomic E-state index is -0.716. The average Bonchev–Trinajstić information content (AvgIpc) is 2.67.